The Morgan fingerprint density at radius 1 is 0.639 bits per heavy atom. The highest BCUT2D eigenvalue weighted by Crippen LogP contribution is 2.33. The molecule has 0 bridgehead atoms. The van der Waals surface area contributed by atoms with Crippen molar-refractivity contribution < 1.29 is 79.5 Å². The first-order valence-corrected chi connectivity index (χ1v) is 11.5. The molecular weight excluding hydrogens is 496 g/mol. The van der Waals surface area contributed by atoms with Crippen molar-refractivity contribution in [3.05, 3.63) is 0 Å². The molecule has 16 nitrogen and oxygen atoms in total. The molecule has 0 aromatic heterocycles. The quantitative estimate of drug-likeness (QED) is 0.125. The zero-order valence-corrected chi connectivity index (χ0v) is 19.4. The Labute approximate surface area is 205 Å². The van der Waals surface area contributed by atoms with E-state index in [0.29, 0.717) is 0 Å². The Morgan fingerprint density at radius 2 is 1.17 bits per heavy atom. The van der Waals surface area contributed by atoms with E-state index in [9.17, 15) is 46.0 Å². The Morgan fingerprint density at radius 3 is 1.75 bits per heavy atom. The molecule has 10 N–H and O–H groups in total. The minimum atomic E-state index is -1.82. The topological polar surface area (TPSA) is 258 Å². The summed E-state index contributed by atoms with van der Waals surface area (Å²) >= 11 is 0. The number of rotatable bonds is 10. The molecule has 212 valence electrons. The molecule has 0 aromatic rings. The van der Waals surface area contributed by atoms with Gasteiger partial charge in [0.1, 0.15) is 67.1 Å². The summed E-state index contributed by atoms with van der Waals surface area (Å²) in [7, 11) is 0. The zero-order valence-electron chi connectivity index (χ0n) is 19.4. The Bertz CT molecular complexity index is 672. The summed E-state index contributed by atoms with van der Waals surface area (Å²) in [5.41, 5.74) is 0. The van der Waals surface area contributed by atoms with Crippen LogP contribution in [0.3, 0.4) is 0 Å². The van der Waals surface area contributed by atoms with Crippen LogP contribution in [0.4, 0.5) is 0 Å². The lowest BCUT2D eigenvalue weighted by Gasteiger charge is -2.46. The molecule has 3 aliphatic rings. The van der Waals surface area contributed by atoms with E-state index in [2.05, 4.69) is 0 Å². The van der Waals surface area contributed by atoms with E-state index < -0.39 is 119 Å². The van der Waals surface area contributed by atoms with Crippen molar-refractivity contribution in [3.8, 4) is 0 Å². The fraction of sp³-hybridized carbons (Fsp3) is 1.00. The standard InChI is InChI=1S/C20H36O16/c1-6-10(25)13(28)14(29)18(32-6)35-16-11(26)8(3-22)33-19(15(16)30)36-17-12(27)9(4-23)34-20(17)31-5-7(24)2-21/h6-30H,2-5H2,1H3/t6-,7?,8+,9-,10-,11-,12-,13+,14+,15+,16-,17+,18-,19+,20+/m0/s1. The second-order valence-corrected chi connectivity index (χ2v) is 8.98. The van der Waals surface area contributed by atoms with E-state index in [1.807, 2.05) is 0 Å². The summed E-state index contributed by atoms with van der Waals surface area (Å²) in [6.45, 7) is -1.03. The highest BCUT2D eigenvalue weighted by Gasteiger charge is 2.53. The van der Waals surface area contributed by atoms with Crippen LogP contribution in [0, 0.1) is 0 Å². The van der Waals surface area contributed by atoms with Crippen molar-refractivity contribution in [3.63, 3.8) is 0 Å². The van der Waals surface area contributed by atoms with Crippen LogP contribution in [0.5, 0.6) is 0 Å². The lowest BCUT2D eigenvalue weighted by molar-refractivity contribution is -0.366. The zero-order chi connectivity index (χ0) is 26.7. The van der Waals surface area contributed by atoms with Crippen LogP contribution >= 0.6 is 0 Å². The van der Waals surface area contributed by atoms with Gasteiger partial charge >= 0.3 is 0 Å². The first-order chi connectivity index (χ1) is 17.0. The van der Waals surface area contributed by atoms with Gasteiger partial charge in [-0.2, -0.15) is 0 Å². The lowest BCUT2D eigenvalue weighted by atomic mass is 9.97. The third kappa shape index (κ3) is 6.32. The second kappa shape index (κ2) is 12.9. The Balaban J connectivity index is 1.75. The molecule has 0 aliphatic carbocycles. The SMILES string of the molecule is C[C@@H]1O[C@@H](O[C@H]2[C@@H](O)[C@@H](CO)O[C@H](O[C@H]3[C@H](OCC(O)CO)O[C@@H](CO)[C@@H]3O)[C@@H]2O)[C@H](O)[C@H](O)[C@H]1O. The molecular formula is C20H36O16. The van der Waals surface area contributed by atoms with Crippen LogP contribution in [-0.2, 0) is 28.4 Å². The third-order valence-corrected chi connectivity index (χ3v) is 6.35. The molecule has 3 rings (SSSR count). The first-order valence-electron chi connectivity index (χ1n) is 11.5. The van der Waals surface area contributed by atoms with Gasteiger partial charge in [-0.1, -0.05) is 0 Å². The van der Waals surface area contributed by atoms with E-state index in [-0.39, 0.29) is 0 Å². The molecule has 3 fully saturated rings. The number of hydrogen-bond donors (Lipinski definition) is 10. The van der Waals surface area contributed by atoms with Gasteiger partial charge in [-0.25, -0.2) is 0 Å². The Hall–Kier alpha value is -0.640. The summed E-state index contributed by atoms with van der Waals surface area (Å²) in [5.74, 6) is 0. The molecule has 36 heavy (non-hydrogen) atoms. The van der Waals surface area contributed by atoms with Crippen molar-refractivity contribution >= 4 is 0 Å². The molecule has 0 saturated carbocycles. The average Bonchev–Trinajstić information content (AvgIpc) is 3.17. The van der Waals surface area contributed by atoms with Gasteiger partial charge in [0.2, 0.25) is 0 Å². The predicted octanol–water partition coefficient (Wildman–Crippen LogP) is -6.53. The summed E-state index contributed by atoms with van der Waals surface area (Å²) < 4.78 is 32.6. The van der Waals surface area contributed by atoms with Gasteiger partial charge in [0.05, 0.1) is 32.5 Å². The van der Waals surface area contributed by atoms with Gasteiger partial charge in [0.25, 0.3) is 0 Å². The molecule has 0 aromatic carbocycles. The molecule has 0 spiro atoms. The predicted molar refractivity (Wildman–Crippen MR) is 111 cm³/mol. The van der Waals surface area contributed by atoms with E-state index in [1.54, 1.807) is 0 Å². The normalized spacial score (nSPS) is 48.8. The maximum absolute atomic E-state index is 10.9. The van der Waals surface area contributed by atoms with Crippen LogP contribution in [-0.4, -0.2) is 170 Å². The fourth-order valence-corrected chi connectivity index (χ4v) is 4.15. The first kappa shape index (κ1) is 29.9. The minimum absolute atomic E-state index is 0.424. The van der Waals surface area contributed by atoms with Gasteiger partial charge in [0, 0.05) is 0 Å². The highest BCUT2D eigenvalue weighted by atomic mass is 16.8. The van der Waals surface area contributed by atoms with E-state index >= 15 is 0 Å². The van der Waals surface area contributed by atoms with Crippen LogP contribution < -0.4 is 0 Å². The molecule has 0 radical (unpaired) electrons. The van der Waals surface area contributed by atoms with Crippen LogP contribution in [0.15, 0.2) is 0 Å². The number of aliphatic hydroxyl groups excluding tert-OH is 10. The van der Waals surface area contributed by atoms with E-state index in [1.165, 1.54) is 6.92 Å². The average molecular weight is 532 g/mol. The number of ether oxygens (including phenoxy) is 6. The maximum atomic E-state index is 10.9. The van der Waals surface area contributed by atoms with Gasteiger partial charge in [-0.05, 0) is 6.92 Å². The van der Waals surface area contributed by atoms with Crippen molar-refractivity contribution in [1.29, 1.82) is 0 Å². The van der Waals surface area contributed by atoms with Gasteiger partial charge in [0.15, 0.2) is 18.9 Å². The smallest absolute Gasteiger partial charge is 0.187 e. The number of hydrogen-bond acceptors (Lipinski definition) is 16. The van der Waals surface area contributed by atoms with Crippen LogP contribution in [0.2, 0.25) is 0 Å². The fourth-order valence-electron chi connectivity index (χ4n) is 4.15. The van der Waals surface area contributed by atoms with E-state index in [0.717, 1.165) is 0 Å². The molecule has 1 unspecified atom stereocenters. The molecule has 3 saturated heterocycles. The van der Waals surface area contributed by atoms with E-state index in [4.69, 9.17) is 33.5 Å². The van der Waals surface area contributed by atoms with Crippen molar-refractivity contribution in [1.82, 2.24) is 0 Å². The van der Waals surface area contributed by atoms with Crippen LogP contribution in [0.25, 0.3) is 0 Å². The molecule has 15 atom stereocenters. The molecule has 3 heterocycles. The largest absolute Gasteiger partial charge is 0.394 e. The molecule has 0 amide bonds. The van der Waals surface area contributed by atoms with Gasteiger partial charge in [-0.15, -0.1) is 0 Å². The third-order valence-electron chi connectivity index (χ3n) is 6.35. The summed E-state index contributed by atoms with van der Waals surface area (Å²) in [4.78, 5) is 0. The maximum Gasteiger partial charge on any atom is 0.187 e. The summed E-state index contributed by atoms with van der Waals surface area (Å²) in [6, 6.07) is 0. The van der Waals surface area contributed by atoms with Crippen LogP contribution in [0.1, 0.15) is 6.92 Å². The molecule has 3 aliphatic heterocycles. The second-order valence-electron chi connectivity index (χ2n) is 8.98. The number of aliphatic hydroxyl groups is 10. The monoisotopic (exact) mass is 532 g/mol. The highest BCUT2D eigenvalue weighted by molar-refractivity contribution is 4.95. The van der Waals surface area contributed by atoms with Crippen molar-refractivity contribution in [2.45, 2.75) is 99.0 Å². The van der Waals surface area contributed by atoms with Gasteiger partial charge < -0.3 is 79.5 Å². The van der Waals surface area contributed by atoms with Gasteiger partial charge in [-0.3, -0.25) is 0 Å². The minimum Gasteiger partial charge on any atom is -0.394 e. The molecule has 16 heteroatoms. The Kier molecular flexibility index (Phi) is 10.8. The summed E-state index contributed by atoms with van der Waals surface area (Å²) in [5, 5.41) is 99.7. The summed E-state index contributed by atoms with van der Waals surface area (Å²) in [6.07, 6.45) is -22.3. The lowest BCUT2D eigenvalue weighted by Crippen LogP contribution is -2.64. The van der Waals surface area contributed by atoms with Crippen molar-refractivity contribution in [2.24, 2.45) is 0 Å². The van der Waals surface area contributed by atoms with Crippen molar-refractivity contribution in [2.75, 3.05) is 26.4 Å².